The van der Waals surface area contributed by atoms with Crippen molar-refractivity contribution in [2.24, 2.45) is 0 Å². The van der Waals surface area contributed by atoms with E-state index in [9.17, 15) is 0 Å². The molecule has 1 aromatic carbocycles. The van der Waals surface area contributed by atoms with Crippen molar-refractivity contribution in [3.05, 3.63) is 55.6 Å². The zero-order valence-electron chi connectivity index (χ0n) is 9.41. The Kier molecular flexibility index (Phi) is 4.62. The van der Waals surface area contributed by atoms with E-state index in [0.717, 1.165) is 15.9 Å². The number of likely N-dealkylation sites (N-methyl/N-ethyl adjacent to an activating group) is 1. The molecule has 0 saturated carbocycles. The Hall–Kier alpha value is -0.350. The van der Waals surface area contributed by atoms with Gasteiger partial charge in [-0.15, -0.1) is 11.3 Å². The van der Waals surface area contributed by atoms with E-state index >= 15 is 0 Å². The van der Waals surface area contributed by atoms with Crippen LogP contribution >= 0.6 is 38.9 Å². The minimum atomic E-state index is 0.265. The van der Waals surface area contributed by atoms with Crippen LogP contribution in [0.2, 0.25) is 5.02 Å². The largest absolute Gasteiger partial charge is 0.312 e. The highest BCUT2D eigenvalue weighted by Gasteiger charge is 2.15. The zero-order valence-corrected chi connectivity index (χ0v) is 12.6. The third kappa shape index (κ3) is 3.10. The van der Waals surface area contributed by atoms with Crippen LogP contribution < -0.4 is 5.32 Å². The van der Waals surface area contributed by atoms with Crippen LogP contribution in [0.3, 0.4) is 0 Å². The van der Waals surface area contributed by atoms with Gasteiger partial charge in [-0.3, -0.25) is 0 Å². The molecule has 4 heteroatoms. The third-order valence-electron chi connectivity index (χ3n) is 2.69. The van der Waals surface area contributed by atoms with Crippen LogP contribution in [-0.4, -0.2) is 7.05 Å². The standard InChI is InChI=1S/C13H13BrClNS/c1-16-12(13-11(15)6-7-17-13)8-9-4-2-3-5-10(9)14/h2-7,12,16H,8H2,1H3. The molecule has 0 saturated heterocycles. The molecule has 1 unspecified atom stereocenters. The maximum atomic E-state index is 6.18. The first-order valence-corrected chi connectivity index (χ1v) is 7.41. The van der Waals surface area contributed by atoms with Gasteiger partial charge < -0.3 is 5.32 Å². The van der Waals surface area contributed by atoms with E-state index < -0.39 is 0 Å². The molecule has 0 aliphatic rings. The molecule has 1 nitrogen and oxygen atoms in total. The average molecular weight is 331 g/mol. The van der Waals surface area contributed by atoms with Crippen molar-refractivity contribution in [3.8, 4) is 0 Å². The first kappa shape index (κ1) is 13.1. The molecular formula is C13H13BrClNS. The highest BCUT2D eigenvalue weighted by Crippen LogP contribution is 2.31. The summed E-state index contributed by atoms with van der Waals surface area (Å²) in [5.74, 6) is 0. The van der Waals surface area contributed by atoms with Crippen molar-refractivity contribution in [1.29, 1.82) is 0 Å². The molecule has 0 aliphatic heterocycles. The molecule has 0 bridgehead atoms. The summed E-state index contributed by atoms with van der Waals surface area (Å²) in [6.07, 6.45) is 0.929. The Morgan fingerprint density at radius 2 is 2.12 bits per heavy atom. The predicted molar refractivity (Wildman–Crippen MR) is 79.0 cm³/mol. The summed E-state index contributed by atoms with van der Waals surface area (Å²) in [5.41, 5.74) is 1.29. The zero-order chi connectivity index (χ0) is 12.3. The van der Waals surface area contributed by atoms with Crippen LogP contribution in [0.4, 0.5) is 0 Å². The van der Waals surface area contributed by atoms with E-state index in [-0.39, 0.29) is 6.04 Å². The fraction of sp³-hybridized carbons (Fsp3) is 0.231. The minimum Gasteiger partial charge on any atom is -0.312 e. The highest BCUT2D eigenvalue weighted by molar-refractivity contribution is 9.10. The van der Waals surface area contributed by atoms with Crippen LogP contribution in [0.15, 0.2) is 40.2 Å². The molecule has 90 valence electrons. The van der Waals surface area contributed by atoms with Crippen molar-refractivity contribution in [2.45, 2.75) is 12.5 Å². The molecule has 0 amide bonds. The Morgan fingerprint density at radius 3 is 2.71 bits per heavy atom. The number of halogens is 2. The Labute approximate surface area is 119 Å². The van der Waals surface area contributed by atoms with Crippen LogP contribution in [0, 0.1) is 0 Å². The fourth-order valence-electron chi connectivity index (χ4n) is 1.76. The number of rotatable bonds is 4. The van der Waals surface area contributed by atoms with Gasteiger partial charge in [-0.25, -0.2) is 0 Å². The smallest absolute Gasteiger partial charge is 0.0561 e. The van der Waals surface area contributed by atoms with Crippen LogP contribution in [0.25, 0.3) is 0 Å². The molecular weight excluding hydrogens is 318 g/mol. The molecule has 0 fully saturated rings. The molecule has 17 heavy (non-hydrogen) atoms. The summed E-state index contributed by atoms with van der Waals surface area (Å²) in [4.78, 5) is 1.20. The Morgan fingerprint density at radius 1 is 1.35 bits per heavy atom. The second-order valence-corrected chi connectivity index (χ2v) is 5.98. The van der Waals surface area contributed by atoms with E-state index in [2.05, 4.69) is 39.4 Å². The maximum Gasteiger partial charge on any atom is 0.0561 e. The topological polar surface area (TPSA) is 12.0 Å². The predicted octanol–water partition coefficient (Wildman–Crippen LogP) is 4.67. The van der Waals surface area contributed by atoms with E-state index in [4.69, 9.17) is 11.6 Å². The SMILES string of the molecule is CNC(Cc1ccccc1Br)c1sccc1Cl. The lowest BCUT2D eigenvalue weighted by Gasteiger charge is -2.16. The summed E-state index contributed by atoms with van der Waals surface area (Å²) in [6, 6.07) is 10.5. The molecule has 0 radical (unpaired) electrons. The minimum absolute atomic E-state index is 0.265. The Bertz CT molecular complexity index is 498. The second kappa shape index (κ2) is 6.01. The number of hydrogen-bond donors (Lipinski definition) is 1. The van der Waals surface area contributed by atoms with Gasteiger partial charge in [0.25, 0.3) is 0 Å². The first-order valence-electron chi connectivity index (χ1n) is 5.36. The molecule has 1 heterocycles. The lowest BCUT2D eigenvalue weighted by atomic mass is 10.0. The van der Waals surface area contributed by atoms with E-state index in [0.29, 0.717) is 0 Å². The lowest BCUT2D eigenvalue weighted by Crippen LogP contribution is -2.18. The highest BCUT2D eigenvalue weighted by atomic mass is 79.9. The third-order valence-corrected chi connectivity index (χ3v) is 4.94. The van der Waals surface area contributed by atoms with Crippen molar-refractivity contribution >= 4 is 38.9 Å². The van der Waals surface area contributed by atoms with Crippen molar-refractivity contribution < 1.29 is 0 Å². The normalized spacial score (nSPS) is 12.6. The quantitative estimate of drug-likeness (QED) is 0.859. The van der Waals surface area contributed by atoms with Crippen LogP contribution in [0.1, 0.15) is 16.5 Å². The summed E-state index contributed by atoms with van der Waals surface area (Å²) in [5, 5.41) is 6.20. The van der Waals surface area contributed by atoms with Crippen molar-refractivity contribution in [1.82, 2.24) is 5.32 Å². The molecule has 1 N–H and O–H groups in total. The van der Waals surface area contributed by atoms with Crippen LogP contribution in [0.5, 0.6) is 0 Å². The molecule has 1 aromatic heterocycles. The van der Waals surface area contributed by atoms with Crippen LogP contribution in [-0.2, 0) is 6.42 Å². The Balaban J connectivity index is 2.22. The van der Waals surface area contributed by atoms with Gasteiger partial charge in [0.05, 0.1) is 5.02 Å². The average Bonchev–Trinajstić information content (AvgIpc) is 2.75. The first-order chi connectivity index (χ1) is 8.22. The number of benzene rings is 1. The van der Waals surface area contributed by atoms with Gasteiger partial charge in [-0.1, -0.05) is 45.7 Å². The second-order valence-electron chi connectivity index (χ2n) is 3.77. The summed E-state index contributed by atoms with van der Waals surface area (Å²) >= 11 is 11.5. The number of nitrogens with one attached hydrogen (secondary N) is 1. The van der Waals surface area contributed by atoms with Gasteiger partial charge in [0.1, 0.15) is 0 Å². The summed E-state index contributed by atoms with van der Waals surface area (Å²) < 4.78 is 1.15. The molecule has 0 aliphatic carbocycles. The van der Waals surface area contributed by atoms with E-state index in [1.165, 1.54) is 10.4 Å². The molecule has 1 atom stereocenters. The van der Waals surface area contributed by atoms with Gasteiger partial charge >= 0.3 is 0 Å². The van der Waals surface area contributed by atoms with E-state index in [1.54, 1.807) is 11.3 Å². The van der Waals surface area contributed by atoms with Gasteiger partial charge in [-0.05, 0) is 36.5 Å². The summed E-state index contributed by atoms with van der Waals surface area (Å²) in [6.45, 7) is 0. The lowest BCUT2D eigenvalue weighted by molar-refractivity contribution is 0.601. The van der Waals surface area contributed by atoms with Crippen molar-refractivity contribution in [3.63, 3.8) is 0 Å². The van der Waals surface area contributed by atoms with Gasteiger partial charge in [0.2, 0.25) is 0 Å². The van der Waals surface area contributed by atoms with E-state index in [1.807, 2.05) is 24.6 Å². The van der Waals surface area contributed by atoms with Crippen molar-refractivity contribution in [2.75, 3.05) is 7.05 Å². The maximum absolute atomic E-state index is 6.18. The number of thiophene rings is 1. The molecule has 0 spiro atoms. The molecule has 2 aromatic rings. The van der Waals surface area contributed by atoms with Gasteiger partial charge in [-0.2, -0.15) is 0 Å². The van der Waals surface area contributed by atoms with Gasteiger partial charge in [0, 0.05) is 15.4 Å². The fourth-order valence-corrected chi connectivity index (χ4v) is 3.51. The summed E-state index contributed by atoms with van der Waals surface area (Å²) in [7, 11) is 1.97. The molecule has 2 rings (SSSR count). The van der Waals surface area contributed by atoms with Gasteiger partial charge in [0.15, 0.2) is 0 Å². The monoisotopic (exact) mass is 329 g/mol. The number of hydrogen-bond acceptors (Lipinski definition) is 2.